The van der Waals surface area contributed by atoms with Crippen LogP contribution in [0.4, 0.5) is 11.4 Å². The van der Waals surface area contributed by atoms with E-state index in [9.17, 15) is 4.79 Å². The first-order valence-corrected chi connectivity index (χ1v) is 6.55. The topological polar surface area (TPSA) is 67.2 Å². The van der Waals surface area contributed by atoms with Crippen LogP contribution in [0.2, 0.25) is 0 Å². The number of nitrogen functional groups attached to an aromatic ring is 1. The zero-order valence-electron chi connectivity index (χ0n) is 11.7. The summed E-state index contributed by atoms with van der Waals surface area (Å²) in [6.07, 6.45) is 0. The molecule has 4 nitrogen and oxygen atoms in total. The Labute approximate surface area is 119 Å². The van der Waals surface area contributed by atoms with Crippen molar-refractivity contribution in [1.29, 1.82) is 0 Å². The van der Waals surface area contributed by atoms with E-state index in [4.69, 9.17) is 5.73 Å². The van der Waals surface area contributed by atoms with Gasteiger partial charge in [0.15, 0.2) is 0 Å². The van der Waals surface area contributed by atoms with Crippen molar-refractivity contribution in [3.05, 3.63) is 59.7 Å². The van der Waals surface area contributed by atoms with E-state index in [1.807, 2.05) is 37.3 Å². The monoisotopic (exact) mass is 269 g/mol. The van der Waals surface area contributed by atoms with Crippen LogP contribution in [0.15, 0.2) is 48.5 Å². The Balaban J connectivity index is 2.28. The normalized spacial score (nSPS) is 11.7. The number of carbonyl (C=O) groups excluding carboxylic acids is 1. The van der Waals surface area contributed by atoms with E-state index >= 15 is 0 Å². The van der Waals surface area contributed by atoms with Gasteiger partial charge in [-0.1, -0.05) is 30.3 Å². The lowest BCUT2D eigenvalue weighted by Gasteiger charge is -2.18. The van der Waals surface area contributed by atoms with Crippen molar-refractivity contribution in [2.45, 2.75) is 13.0 Å². The van der Waals surface area contributed by atoms with Crippen molar-refractivity contribution < 1.29 is 4.79 Å². The molecule has 1 unspecified atom stereocenters. The van der Waals surface area contributed by atoms with Gasteiger partial charge in [-0.05, 0) is 30.7 Å². The van der Waals surface area contributed by atoms with Gasteiger partial charge in [-0.2, -0.15) is 0 Å². The molecule has 0 spiro atoms. The average molecular weight is 269 g/mol. The zero-order valence-corrected chi connectivity index (χ0v) is 11.7. The van der Waals surface area contributed by atoms with Crippen LogP contribution in [0.25, 0.3) is 0 Å². The fraction of sp³-hybridized carbons (Fsp3) is 0.188. The van der Waals surface area contributed by atoms with Crippen molar-refractivity contribution >= 4 is 17.3 Å². The van der Waals surface area contributed by atoms with Crippen LogP contribution in [0.3, 0.4) is 0 Å². The number of rotatable bonds is 4. The number of benzene rings is 2. The van der Waals surface area contributed by atoms with Crippen LogP contribution in [-0.2, 0) is 0 Å². The molecule has 4 N–H and O–H groups in total. The smallest absolute Gasteiger partial charge is 0.253 e. The van der Waals surface area contributed by atoms with Crippen LogP contribution in [0.1, 0.15) is 28.9 Å². The molecular weight excluding hydrogens is 250 g/mol. The Bertz CT molecular complexity index is 596. The number of anilines is 2. The highest BCUT2D eigenvalue weighted by atomic mass is 16.1. The highest BCUT2D eigenvalue weighted by molar-refractivity contribution is 6.00. The van der Waals surface area contributed by atoms with Gasteiger partial charge < -0.3 is 16.4 Å². The third kappa shape index (κ3) is 3.09. The molecule has 2 aromatic carbocycles. The lowest BCUT2D eigenvalue weighted by atomic mass is 10.1. The summed E-state index contributed by atoms with van der Waals surface area (Å²) < 4.78 is 0. The van der Waals surface area contributed by atoms with Gasteiger partial charge in [0.25, 0.3) is 5.91 Å². The number of nitrogens with two attached hydrogens (primary N) is 1. The maximum atomic E-state index is 11.9. The van der Waals surface area contributed by atoms with E-state index in [-0.39, 0.29) is 11.9 Å². The Morgan fingerprint density at radius 2 is 1.85 bits per heavy atom. The van der Waals surface area contributed by atoms with Crippen LogP contribution in [-0.4, -0.2) is 13.0 Å². The Kier molecular flexibility index (Phi) is 4.25. The molecule has 2 aromatic rings. The first kappa shape index (κ1) is 13.9. The van der Waals surface area contributed by atoms with Crippen LogP contribution in [0.5, 0.6) is 0 Å². The van der Waals surface area contributed by atoms with Gasteiger partial charge in [0.05, 0.1) is 5.56 Å². The number of carbonyl (C=O) groups is 1. The summed E-state index contributed by atoms with van der Waals surface area (Å²) in [4.78, 5) is 11.9. The van der Waals surface area contributed by atoms with Crippen LogP contribution < -0.4 is 16.4 Å². The second-order valence-electron chi connectivity index (χ2n) is 4.66. The van der Waals surface area contributed by atoms with Crippen LogP contribution in [0, 0.1) is 0 Å². The fourth-order valence-corrected chi connectivity index (χ4v) is 2.07. The molecule has 2 rings (SSSR count). The minimum atomic E-state index is -0.132. The largest absolute Gasteiger partial charge is 0.399 e. The van der Waals surface area contributed by atoms with Crippen molar-refractivity contribution in [2.75, 3.05) is 18.1 Å². The Morgan fingerprint density at radius 3 is 2.50 bits per heavy atom. The quantitative estimate of drug-likeness (QED) is 0.748. The number of hydrogen-bond acceptors (Lipinski definition) is 3. The van der Waals surface area contributed by atoms with Crippen molar-refractivity contribution in [3.8, 4) is 0 Å². The molecule has 0 aliphatic heterocycles. The van der Waals surface area contributed by atoms with Crippen molar-refractivity contribution in [1.82, 2.24) is 5.32 Å². The van der Waals surface area contributed by atoms with Crippen molar-refractivity contribution in [2.24, 2.45) is 0 Å². The summed E-state index contributed by atoms with van der Waals surface area (Å²) in [5.74, 6) is -0.132. The predicted octanol–water partition coefficient (Wildman–Crippen LogP) is 2.80. The first-order chi connectivity index (χ1) is 9.61. The molecule has 0 saturated carbocycles. The summed E-state index contributed by atoms with van der Waals surface area (Å²) in [7, 11) is 1.61. The van der Waals surface area contributed by atoms with Gasteiger partial charge in [0.1, 0.15) is 0 Å². The summed E-state index contributed by atoms with van der Waals surface area (Å²) in [6.45, 7) is 2.05. The Hall–Kier alpha value is -2.49. The molecule has 0 radical (unpaired) electrons. The molecule has 0 bridgehead atoms. The van der Waals surface area contributed by atoms with Gasteiger partial charge in [-0.15, -0.1) is 0 Å². The molecule has 0 aliphatic carbocycles. The standard InChI is InChI=1S/C16H19N3O/c1-11(12-6-4-3-5-7-12)19-15-10-13(17)8-9-14(15)16(20)18-2/h3-11,19H,17H2,1-2H3,(H,18,20). The van der Waals surface area contributed by atoms with E-state index in [1.165, 1.54) is 0 Å². The molecule has 4 heteroatoms. The van der Waals surface area contributed by atoms with E-state index in [2.05, 4.69) is 10.6 Å². The minimum Gasteiger partial charge on any atom is -0.399 e. The van der Waals surface area contributed by atoms with Gasteiger partial charge in [0, 0.05) is 24.5 Å². The van der Waals surface area contributed by atoms with E-state index in [0.29, 0.717) is 11.3 Å². The fourth-order valence-electron chi connectivity index (χ4n) is 2.07. The molecule has 104 valence electrons. The average Bonchev–Trinajstić information content (AvgIpc) is 2.47. The summed E-state index contributed by atoms with van der Waals surface area (Å²) in [6, 6.07) is 15.4. The Morgan fingerprint density at radius 1 is 1.15 bits per heavy atom. The van der Waals surface area contributed by atoms with E-state index in [0.717, 1.165) is 11.3 Å². The molecule has 20 heavy (non-hydrogen) atoms. The first-order valence-electron chi connectivity index (χ1n) is 6.55. The van der Waals surface area contributed by atoms with Gasteiger partial charge in [0.2, 0.25) is 0 Å². The zero-order chi connectivity index (χ0) is 14.5. The summed E-state index contributed by atoms with van der Waals surface area (Å²) >= 11 is 0. The third-order valence-electron chi connectivity index (χ3n) is 3.19. The maximum absolute atomic E-state index is 11.9. The SMILES string of the molecule is CNC(=O)c1ccc(N)cc1NC(C)c1ccccc1. The van der Waals surface area contributed by atoms with Gasteiger partial charge >= 0.3 is 0 Å². The molecule has 0 saturated heterocycles. The van der Waals surface area contributed by atoms with Gasteiger partial charge in [-0.3, -0.25) is 4.79 Å². The summed E-state index contributed by atoms with van der Waals surface area (Å²) in [5, 5.41) is 5.98. The molecular formula is C16H19N3O. The predicted molar refractivity (Wildman–Crippen MR) is 82.7 cm³/mol. The highest BCUT2D eigenvalue weighted by Gasteiger charge is 2.13. The second kappa shape index (κ2) is 6.10. The van der Waals surface area contributed by atoms with E-state index < -0.39 is 0 Å². The number of nitrogens with one attached hydrogen (secondary N) is 2. The van der Waals surface area contributed by atoms with E-state index in [1.54, 1.807) is 25.2 Å². The molecule has 1 atom stereocenters. The molecule has 0 heterocycles. The number of hydrogen-bond donors (Lipinski definition) is 3. The maximum Gasteiger partial charge on any atom is 0.253 e. The van der Waals surface area contributed by atoms with Crippen LogP contribution >= 0.6 is 0 Å². The summed E-state index contributed by atoms with van der Waals surface area (Å²) in [5.41, 5.74) is 8.91. The second-order valence-corrected chi connectivity index (χ2v) is 4.66. The lowest BCUT2D eigenvalue weighted by molar-refractivity contribution is 0.0964. The molecule has 0 aliphatic rings. The van der Waals surface area contributed by atoms with Crippen molar-refractivity contribution in [3.63, 3.8) is 0 Å². The third-order valence-corrected chi connectivity index (χ3v) is 3.19. The molecule has 1 amide bonds. The molecule has 0 aromatic heterocycles. The highest BCUT2D eigenvalue weighted by Crippen LogP contribution is 2.24. The lowest BCUT2D eigenvalue weighted by Crippen LogP contribution is -2.20. The van der Waals surface area contributed by atoms with Gasteiger partial charge in [-0.25, -0.2) is 0 Å². The molecule has 0 fully saturated rings. The minimum absolute atomic E-state index is 0.0846. The number of amides is 1.